The second kappa shape index (κ2) is 11.4. The van der Waals surface area contributed by atoms with Crippen molar-refractivity contribution >= 4 is 53.1 Å². The Morgan fingerprint density at radius 3 is 2.14 bits per heavy atom. The molecule has 3 aromatic carbocycles. The van der Waals surface area contributed by atoms with Gasteiger partial charge >= 0.3 is 0 Å². The standard InChI is InChI=1S/C32H25BrN2O5S2/c1-39-23-11-7-20(8-12-23)17-25-27(18-21-9-13-24(40-2)14-10-21)35-16-15-22(19-28(35)30(25)36)31(33)42(37,38)32-34-26-5-3-4-6-29(26)41-32/h3-16,19H,17-18H2,1-2H3/b31-22+. The molecule has 0 atom stereocenters. The Balaban J connectivity index is 1.38. The van der Waals surface area contributed by atoms with Crippen molar-refractivity contribution in [1.82, 2.24) is 9.88 Å². The zero-order valence-electron chi connectivity index (χ0n) is 22.7. The molecule has 0 fully saturated rings. The molecule has 6 rings (SSSR count). The summed E-state index contributed by atoms with van der Waals surface area (Å²) in [6.45, 7) is 0. The van der Waals surface area contributed by atoms with Gasteiger partial charge in [0, 0.05) is 35.9 Å². The van der Waals surface area contributed by atoms with Gasteiger partial charge in [-0.05, 0) is 75.6 Å². The number of hydrogen-bond donors (Lipinski definition) is 0. The predicted octanol–water partition coefficient (Wildman–Crippen LogP) is 6.73. The SMILES string of the molecule is COc1ccc(CC2=C(Cc3ccc(OC)cc3)N3C=C/C(=C(/Br)S(=O)(=O)c4nc5ccccc5s4)C=C3C2=O)cc1. The van der Waals surface area contributed by atoms with Gasteiger partial charge in [0.25, 0.3) is 0 Å². The Hall–Kier alpha value is -3.99. The lowest BCUT2D eigenvalue weighted by Gasteiger charge is -2.23. The number of methoxy groups -OCH3 is 2. The summed E-state index contributed by atoms with van der Waals surface area (Å²) in [5, 5.41) is 0. The maximum Gasteiger partial charge on any atom is 0.240 e. The fourth-order valence-corrected chi connectivity index (χ4v) is 8.41. The van der Waals surface area contributed by atoms with Gasteiger partial charge in [0.2, 0.25) is 20.0 Å². The first-order chi connectivity index (χ1) is 20.3. The molecule has 7 nitrogen and oxygen atoms in total. The van der Waals surface area contributed by atoms with E-state index in [1.807, 2.05) is 71.6 Å². The molecule has 0 radical (unpaired) electrons. The molecule has 2 aliphatic heterocycles. The number of allylic oxidation sites excluding steroid dienone is 5. The van der Waals surface area contributed by atoms with Crippen molar-refractivity contribution < 1.29 is 22.7 Å². The monoisotopic (exact) mass is 660 g/mol. The third-order valence-corrected chi connectivity index (χ3v) is 11.9. The summed E-state index contributed by atoms with van der Waals surface area (Å²) < 4.78 is 38.4. The minimum Gasteiger partial charge on any atom is -0.497 e. The molecule has 4 aromatic rings. The number of sulfone groups is 1. The van der Waals surface area contributed by atoms with E-state index in [2.05, 4.69) is 20.9 Å². The number of fused-ring (bicyclic) bond motifs is 2. The number of ether oxygens (including phenoxy) is 2. The van der Waals surface area contributed by atoms with Gasteiger partial charge in [-0.3, -0.25) is 4.79 Å². The molecule has 10 heteroatoms. The number of nitrogens with zero attached hydrogens (tertiary/aromatic N) is 2. The largest absolute Gasteiger partial charge is 0.497 e. The van der Waals surface area contributed by atoms with E-state index in [9.17, 15) is 13.2 Å². The summed E-state index contributed by atoms with van der Waals surface area (Å²) in [4.78, 5) is 20.1. The van der Waals surface area contributed by atoms with E-state index < -0.39 is 9.84 Å². The van der Waals surface area contributed by atoms with E-state index in [0.717, 1.165) is 44.4 Å². The molecule has 0 bridgehead atoms. The fourth-order valence-electron chi connectivity index (χ4n) is 4.92. The van der Waals surface area contributed by atoms with E-state index in [1.54, 1.807) is 38.6 Å². The number of hydrogen-bond acceptors (Lipinski definition) is 8. The first-order valence-corrected chi connectivity index (χ1v) is 16.1. The van der Waals surface area contributed by atoms with Crippen LogP contribution in [-0.2, 0) is 27.5 Å². The number of thiazole rings is 1. The molecule has 0 amide bonds. The van der Waals surface area contributed by atoms with Gasteiger partial charge in [0.05, 0.1) is 30.1 Å². The van der Waals surface area contributed by atoms with Crippen LogP contribution in [0, 0.1) is 0 Å². The van der Waals surface area contributed by atoms with E-state index in [-0.39, 0.29) is 13.9 Å². The van der Waals surface area contributed by atoms with Crippen LogP contribution in [0.25, 0.3) is 10.2 Å². The Bertz CT molecular complexity index is 1900. The normalized spacial score (nSPS) is 16.1. The van der Waals surface area contributed by atoms with E-state index >= 15 is 0 Å². The molecule has 0 unspecified atom stereocenters. The molecule has 0 spiro atoms. The van der Waals surface area contributed by atoms with Crippen LogP contribution >= 0.6 is 27.3 Å². The molecule has 0 saturated carbocycles. The molecular formula is C32H25BrN2O5S2. The van der Waals surface area contributed by atoms with Gasteiger partial charge in [-0.25, -0.2) is 13.4 Å². The lowest BCUT2D eigenvalue weighted by atomic mass is 9.98. The van der Waals surface area contributed by atoms with Gasteiger partial charge < -0.3 is 14.4 Å². The average Bonchev–Trinajstić information content (AvgIpc) is 3.57. The van der Waals surface area contributed by atoms with Crippen LogP contribution in [0.2, 0.25) is 0 Å². The number of benzene rings is 3. The van der Waals surface area contributed by atoms with E-state index in [1.165, 1.54) is 0 Å². The highest BCUT2D eigenvalue weighted by Crippen LogP contribution is 2.40. The zero-order valence-corrected chi connectivity index (χ0v) is 25.9. The lowest BCUT2D eigenvalue weighted by Crippen LogP contribution is -2.18. The molecule has 2 aliphatic rings. The van der Waals surface area contributed by atoms with Gasteiger partial charge in [-0.15, -0.1) is 11.3 Å². The van der Waals surface area contributed by atoms with Crippen molar-refractivity contribution in [2.24, 2.45) is 0 Å². The number of aromatic nitrogens is 1. The Labute approximate surface area is 256 Å². The maximum absolute atomic E-state index is 13.9. The Morgan fingerprint density at radius 2 is 1.52 bits per heavy atom. The number of halogens is 1. The second-order valence-electron chi connectivity index (χ2n) is 9.70. The second-order valence-corrected chi connectivity index (χ2v) is 14.1. The quantitative estimate of drug-likeness (QED) is 0.207. The van der Waals surface area contributed by atoms with Crippen LogP contribution in [-0.4, -0.2) is 38.3 Å². The molecule has 3 heterocycles. The smallest absolute Gasteiger partial charge is 0.240 e. The molecule has 0 aliphatic carbocycles. The van der Waals surface area contributed by atoms with Crippen molar-refractivity contribution in [2.75, 3.05) is 14.2 Å². The first kappa shape index (κ1) is 28.1. The topological polar surface area (TPSA) is 85.8 Å². The number of rotatable bonds is 8. The van der Waals surface area contributed by atoms with E-state index in [0.29, 0.717) is 35.2 Å². The van der Waals surface area contributed by atoms with Gasteiger partial charge in [0.15, 0.2) is 0 Å². The van der Waals surface area contributed by atoms with Crippen LogP contribution in [0.15, 0.2) is 122 Å². The summed E-state index contributed by atoms with van der Waals surface area (Å²) in [6, 6.07) is 22.6. The Kier molecular flexibility index (Phi) is 7.61. The summed E-state index contributed by atoms with van der Waals surface area (Å²) in [5.74, 6) is 1.34. The van der Waals surface area contributed by atoms with Crippen molar-refractivity contribution in [3.63, 3.8) is 0 Å². The maximum atomic E-state index is 13.9. The molecule has 212 valence electrons. The minimum absolute atomic E-state index is 0.00596. The molecule has 0 saturated heterocycles. The third-order valence-electron chi connectivity index (χ3n) is 7.14. The fraction of sp³-hybridized carbons (Fsp3) is 0.125. The van der Waals surface area contributed by atoms with Crippen LogP contribution in [0.3, 0.4) is 0 Å². The van der Waals surface area contributed by atoms with Crippen LogP contribution < -0.4 is 9.47 Å². The highest BCUT2D eigenvalue weighted by atomic mass is 79.9. The first-order valence-electron chi connectivity index (χ1n) is 13.0. The highest BCUT2D eigenvalue weighted by molar-refractivity contribution is 9.13. The van der Waals surface area contributed by atoms with Crippen LogP contribution in [0.1, 0.15) is 11.1 Å². The highest BCUT2D eigenvalue weighted by Gasteiger charge is 2.36. The van der Waals surface area contributed by atoms with Gasteiger partial charge in [-0.1, -0.05) is 36.4 Å². The summed E-state index contributed by atoms with van der Waals surface area (Å²) in [5.41, 5.74) is 4.87. The molecule has 42 heavy (non-hydrogen) atoms. The lowest BCUT2D eigenvalue weighted by molar-refractivity contribution is -0.112. The summed E-state index contributed by atoms with van der Waals surface area (Å²) in [7, 11) is -0.709. The minimum atomic E-state index is -3.94. The molecule has 0 N–H and O–H groups in total. The van der Waals surface area contributed by atoms with Gasteiger partial charge in [0.1, 0.15) is 15.3 Å². The number of para-hydroxylation sites is 1. The summed E-state index contributed by atoms with van der Waals surface area (Å²) >= 11 is 4.45. The molecular weight excluding hydrogens is 636 g/mol. The van der Waals surface area contributed by atoms with Crippen molar-refractivity contribution in [2.45, 2.75) is 17.2 Å². The number of carbonyl (C=O) groups is 1. The summed E-state index contributed by atoms with van der Waals surface area (Å²) in [6.07, 6.45) is 6.02. The number of ketones is 1. The van der Waals surface area contributed by atoms with Crippen LogP contribution in [0.4, 0.5) is 0 Å². The predicted molar refractivity (Wildman–Crippen MR) is 167 cm³/mol. The van der Waals surface area contributed by atoms with Crippen molar-refractivity contribution in [1.29, 1.82) is 0 Å². The van der Waals surface area contributed by atoms with Crippen molar-refractivity contribution in [3.8, 4) is 11.5 Å². The Morgan fingerprint density at radius 1 is 0.905 bits per heavy atom. The van der Waals surface area contributed by atoms with E-state index in [4.69, 9.17) is 9.47 Å². The number of carbonyl (C=O) groups excluding carboxylic acids is 1. The number of Topliss-reactive ketones (excluding diaryl/α,β-unsaturated/α-hetero) is 1. The van der Waals surface area contributed by atoms with Crippen LogP contribution in [0.5, 0.6) is 11.5 Å². The van der Waals surface area contributed by atoms with Crippen molar-refractivity contribution in [3.05, 3.63) is 129 Å². The average molecular weight is 662 g/mol. The van der Waals surface area contributed by atoms with Gasteiger partial charge in [-0.2, -0.15) is 0 Å². The third kappa shape index (κ3) is 5.21. The molecule has 1 aromatic heterocycles. The zero-order chi connectivity index (χ0) is 29.4.